The molecule has 0 saturated carbocycles. The van der Waals surface area contributed by atoms with Crippen LogP contribution in [0.4, 0.5) is 0 Å². The molecule has 0 fully saturated rings. The van der Waals surface area contributed by atoms with Gasteiger partial charge in [-0.2, -0.15) is 0 Å². The highest BCUT2D eigenvalue weighted by atomic mass is 32.1. The van der Waals surface area contributed by atoms with E-state index in [-0.39, 0.29) is 17.6 Å². The summed E-state index contributed by atoms with van der Waals surface area (Å²) < 4.78 is 30.2. The summed E-state index contributed by atoms with van der Waals surface area (Å²) in [5, 5.41) is 0. The summed E-state index contributed by atoms with van der Waals surface area (Å²) in [7, 11) is 3.16. The Labute approximate surface area is 278 Å². The van der Waals surface area contributed by atoms with Crippen molar-refractivity contribution >= 4 is 23.4 Å². The van der Waals surface area contributed by atoms with Crippen molar-refractivity contribution in [3.63, 3.8) is 0 Å². The van der Waals surface area contributed by atoms with E-state index in [1.165, 1.54) is 16.9 Å². The number of allylic oxidation sites excluding steroid dienone is 1. The van der Waals surface area contributed by atoms with E-state index in [0.717, 1.165) is 16.9 Å². The number of benzene rings is 3. The molecule has 1 aromatic heterocycles. The van der Waals surface area contributed by atoms with Gasteiger partial charge in [-0.15, -0.1) is 0 Å². The summed E-state index contributed by atoms with van der Waals surface area (Å²) in [4.78, 5) is 32.2. The standard InChI is InChI=1S/C37H40N2O7S/c1-8-44-35(41)32-23(2)38-36-39(33(32)25-10-14-27(42-6)15-11-25)34(40)31(47-36)22-24-9-18-29(30(21-24)43-7)46-20-19-45-28-16-12-26(13-17-28)37(3,4)5/h9-18,21-22,33H,8,19-20H2,1-7H3/b31-22+. The second-order valence-electron chi connectivity index (χ2n) is 12.0. The van der Waals surface area contributed by atoms with Crippen molar-refractivity contribution in [2.24, 2.45) is 4.99 Å². The SMILES string of the molecule is CCOC(=O)C1=C(C)N=c2s/c(=C/c3ccc(OCCOc4ccc(C(C)(C)C)cc4)c(OC)c3)c(=O)n2C1c1ccc(OC)cc1. The Morgan fingerprint density at radius 1 is 0.915 bits per heavy atom. The van der Waals surface area contributed by atoms with Crippen molar-refractivity contribution in [3.8, 4) is 23.0 Å². The van der Waals surface area contributed by atoms with Crippen molar-refractivity contribution in [3.05, 3.63) is 114 Å². The van der Waals surface area contributed by atoms with Crippen molar-refractivity contribution in [1.29, 1.82) is 0 Å². The molecule has 1 atom stereocenters. The zero-order valence-electron chi connectivity index (χ0n) is 27.8. The summed E-state index contributed by atoms with van der Waals surface area (Å²) in [5.74, 6) is 2.03. The van der Waals surface area contributed by atoms with Crippen LogP contribution in [-0.4, -0.2) is 44.6 Å². The third-order valence-electron chi connectivity index (χ3n) is 7.76. The lowest BCUT2D eigenvalue weighted by atomic mass is 9.87. The van der Waals surface area contributed by atoms with E-state index in [0.29, 0.717) is 51.1 Å². The molecule has 1 unspecified atom stereocenters. The molecule has 0 spiro atoms. The van der Waals surface area contributed by atoms with Crippen LogP contribution in [0.15, 0.2) is 87.8 Å². The van der Waals surface area contributed by atoms with Crippen LogP contribution in [0.25, 0.3) is 6.08 Å². The molecule has 4 aromatic rings. The maximum absolute atomic E-state index is 14.0. The van der Waals surface area contributed by atoms with Crippen LogP contribution in [0.1, 0.15) is 57.4 Å². The molecule has 1 aliphatic rings. The van der Waals surface area contributed by atoms with Gasteiger partial charge >= 0.3 is 5.97 Å². The Balaban J connectivity index is 1.39. The molecule has 3 aromatic carbocycles. The molecule has 0 N–H and O–H groups in total. The molecular weight excluding hydrogens is 616 g/mol. The molecule has 1 aliphatic heterocycles. The van der Waals surface area contributed by atoms with Gasteiger partial charge in [-0.3, -0.25) is 9.36 Å². The van der Waals surface area contributed by atoms with E-state index in [2.05, 4.69) is 37.9 Å². The number of ether oxygens (including phenoxy) is 5. The molecule has 9 nitrogen and oxygen atoms in total. The van der Waals surface area contributed by atoms with Gasteiger partial charge in [0, 0.05) is 0 Å². The van der Waals surface area contributed by atoms with Crippen LogP contribution < -0.4 is 33.8 Å². The third kappa shape index (κ3) is 7.44. The van der Waals surface area contributed by atoms with Gasteiger partial charge in [0.2, 0.25) is 0 Å². The zero-order chi connectivity index (χ0) is 33.7. The Morgan fingerprint density at radius 3 is 2.23 bits per heavy atom. The Bertz CT molecular complexity index is 1950. The second-order valence-corrected chi connectivity index (χ2v) is 13.0. The van der Waals surface area contributed by atoms with Gasteiger partial charge in [0.25, 0.3) is 5.56 Å². The first-order chi connectivity index (χ1) is 22.5. The summed E-state index contributed by atoms with van der Waals surface area (Å²) in [6.45, 7) is 10.9. The van der Waals surface area contributed by atoms with Crippen molar-refractivity contribution in [2.45, 2.75) is 46.1 Å². The number of hydrogen-bond donors (Lipinski definition) is 0. The summed E-state index contributed by atoms with van der Waals surface area (Å²) in [5.41, 5.74) is 3.37. The monoisotopic (exact) mass is 656 g/mol. The molecule has 0 saturated heterocycles. The molecule has 47 heavy (non-hydrogen) atoms. The van der Waals surface area contributed by atoms with Crippen LogP contribution >= 0.6 is 11.3 Å². The Hall–Kier alpha value is -4.83. The lowest BCUT2D eigenvalue weighted by Crippen LogP contribution is -2.39. The predicted octanol–water partition coefficient (Wildman–Crippen LogP) is 5.57. The van der Waals surface area contributed by atoms with Crippen LogP contribution in [-0.2, 0) is 14.9 Å². The molecule has 0 radical (unpaired) electrons. The fraction of sp³-hybridized carbons (Fsp3) is 0.324. The van der Waals surface area contributed by atoms with Gasteiger partial charge < -0.3 is 23.7 Å². The van der Waals surface area contributed by atoms with E-state index in [9.17, 15) is 9.59 Å². The average molecular weight is 657 g/mol. The number of nitrogens with zero attached hydrogens (tertiary/aromatic N) is 2. The topological polar surface area (TPSA) is 97.6 Å². The van der Waals surface area contributed by atoms with Crippen LogP contribution in [0.3, 0.4) is 0 Å². The van der Waals surface area contributed by atoms with Gasteiger partial charge in [-0.05, 0) is 78.4 Å². The minimum absolute atomic E-state index is 0.0810. The first-order valence-electron chi connectivity index (χ1n) is 15.4. The minimum atomic E-state index is -0.706. The average Bonchev–Trinajstić information content (AvgIpc) is 3.36. The molecule has 0 aliphatic carbocycles. The first-order valence-corrected chi connectivity index (χ1v) is 16.2. The van der Waals surface area contributed by atoms with Crippen molar-refractivity contribution < 1.29 is 28.5 Å². The smallest absolute Gasteiger partial charge is 0.338 e. The number of thiazole rings is 1. The maximum atomic E-state index is 14.0. The van der Waals surface area contributed by atoms with Gasteiger partial charge in [0.05, 0.1) is 42.7 Å². The molecule has 0 bridgehead atoms. The maximum Gasteiger partial charge on any atom is 0.338 e. The zero-order valence-corrected chi connectivity index (χ0v) is 28.6. The molecule has 2 heterocycles. The summed E-state index contributed by atoms with van der Waals surface area (Å²) >= 11 is 1.26. The largest absolute Gasteiger partial charge is 0.497 e. The highest BCUT2D eigenvalue weighted by Crippen LogP contribution is 2.32. The summed E-state index contributed by atoms with van der Waals surface area (Å²) in [6, 6.07) is 20.2. The second kappa shape index (κ2) is 14.3. The minimum Gasteiger partial charge on any atom is -0.497 e. The van der Waals surface area contributed by atoms with Gasteiger partial charge in [-0.1, -0.05) is 62.4 Å². The third-order valence-corrected chi connectivity index (χ3v) is 8.75. The van der Waals surface area contributed by atoms with Gasteiger partial charge in [-0.25, -0.2) is 9.79 Å². The molecule has 246 valence electrons. The van der Waals surface area contributed by atoms with E-state index in [4.69, 9.17) is 23.7 Å². The molecule has 0 amide bonds. The van der Waals surface area contributed by atoms with Gasteiger partial charge in [0.1, 0.15) is 24.7 Å². The molecular formula is C37H40N2O7S. The van der Waals surface area contributed by atoms with E-state index < -0.39 is 12.0 Å². The number of carbonyl (C=O) groups excluding carboxylic acids is 1. The molecule has 5 rings (SSSR count). The highest BCUT2D eigenvalue weighted by Gasteiger charge is 2.33. The normalized spacial score (nSPS) is 14.7. The van der Waals surface area contributed by atoms with E-state index in [1.54, 1.807) is 50.8 Å². The number of rotatable bonds is 11. The summed E-state index contributed by atoms with van der Waals surface area (Å²) in [6.07, 6.45) is 1.79. The quantitative estimate of drug-likeness (QED) is 0.154. The number of hydrogen-bond acceptors (Lipinski definition) is 9. The Morgan fingerprint density at radius 2 is 1.60 bits per heavy atom. The van der Waals surface area contributed by atoms with Crippen molar-refractivity contribution in [2.75, 3.05) is 34.0 Å². The fourth-order valence-corrected chi connectivity index (χ4v) is 6.35. The van der Waals surface area contributed by atoms with Crippen LogP contribution in [0.5, 0.6) is 23.0 Å². The Kier molecular flexibility index (Phi) is 10.2. The highest BCUT2D eigenvalue weighted by molar-refractivity contribution is 7.07. The predicted molar refractivity (Wildman–Crippen MR) is 183 cm³/mol. The number of methoxy groups -OCH3 is 2. The number of fused-ring (bicyclic) bond motifs is 1. The van der Waals surface area contributed by atoms with Crippen LogP contribution in [0.2, 0.25) is 0 Å². The van der Waals surface area contributed by atoms with E-state index in [1.807, 2.05) is 42.5 Å². The number of carbonyl (C=O) groups is 1. The van der Waals surface area contributed by atoms with Gasteiger partial charge in [0.15, 0.2) is 16.3 Å². The van der Waals surface area contributed by atoms with Crippen LogP contribution in [0, 0.1) is 0 Å². The lowest BCUT2D eigenvalue weighted by molar-refractivity contribution is -0.139. The number of esters is 1. The molecule has 10 heteroatoms. The fourth-order valence-electron chi connectivity index (χ4n) is 5.30. The lowest BCUT2D eigenvalue weighted by Gasteiger charge is -2.24. The number of aromatic nitrogens is 1. The van der Waals surface area contributed by atoms with Crippen molar-refractivity contribution in [1.82, 2.24) is 4.57 Å². The first kappa shape index (κ1) is 33.5. The van der Waals surface area contributed by atoms with E-state index >= 15 is 0 Å².